The van der Waals surface area contributed by atoms with Gasteiger partial charge in [-0.05, 0) is 31.7 Å². The Hall–Kier alpha value is -0.770. The lowest BCUT2D eigenvalue weighted by molar-refractivity contribution is -0.120. The van der Waals surface area contributed by atoms with E-state index in [2.05, 4.69) is 10.6 Å². The Morgan fingerprint density at radius 1 is 1.41 bits per heavy atom. The molecule has 0 fully saturated rings. The topological polar surface area (TPSA) is 41.1 Å². The normalized spacial score (nSPS) is 12.2. The number of benzene rings is 1. The summed E-state index contributed by atoms with van der Waals surface area (Å²) < 4.78 is 0. The molecule has 0 aliphatic rings. The Morgan fingerprint density at radius 3 is 2.71 bits per heavy atom. The van der Waals surface area contributed by atoms with Crippen LogP contribution in [-0.4, -0.2) is 25.5 Å². The van der Waals surface area contributed by atoms with Crippen molar-refractivity contribution in [2.45, 2.75) is 19.4 Å². The molecule has 0 radical (unpaired) electrons. The maximum Gasteiger partial charge on any atom is 0.224 e. The van der Waals surface area contributed by atoms with Crippen molar-refractivity contribution in [2.75, 3.05) is 13.6 Å². The molecule has 0 saturated carbocycles. The maximum absolute atomic E-state index is 11.6. The van der Waals surface area contributed by atoms with E-state index in [0.29, 0.717) is 16.6 Å². The average molecular weight is 275 g/mol. The van der Waals surface area contributed by atoms with E-state index >= 15 is 0 Å². The molecule has 0 aromatic heterocycles. The van der Waals surface area contributed by atoms with Crippen LogP contribution in [0.25, 0.3) is 0 Å². The Labute approximate surface area is 111 Å². The molecular formula is C12H16Cl2N2O. The molecule has 0 bridgehead atoms. The number of hydrogen-bond acceptors (Lipinski definition) is 2. The number of nitrogens with one attached hydrogen (secondary N) is 2. The summed E-state index contributed by atoms with van der Waals surface area (Å²) >= 11 is 11.8. The Balaban J connectivity index is 2.50. The van der Waals surface area contributed by atoms with Crippen molar-refractivity contribution in [1.82, 2.24) is 10.6 Å². The molecule has 2 N–H and O–H groups in total. The molecule has 1 aromatic carbocycles. The van der Waals surface area contributed by atoms with Gasteiger partial charge >= 0.3 is 0 Å². The van der Waals surface area contributed by atoms with Crippen LogP contribution >= 0.6 is 23.2 Å². The van der Waals surface area contributed by atoms with E-state index in [1.807, 2.05) is 14.0 Å². The minimum absolute atomic E-state index is 0.0451. The van der Waals surface area contributed by atoms with Crippen LogP contribution < -0.4 is 10.6 Å². The molecule has 1 aromatic rings. The summed E-state index contributed by atoms with van der Waals surface area (Å²) in [7, 11) is 1.85. The van der Waals surface area contributed by atoms with Gasteiger partial charge in [0.15, 0.2) is 0 Å². The van der Waals surface area contributed by atoms with Gasteiger partial charge in [-0.3, -0.25) is 4.79 Å². The fourth-order valence-electron chi connectivity index (χ4n) is 1.27. The van der Waals surface area contributed by atoms with E-state index in [-0.39, 0.29) is 18.4 Å². The molecule has 0 aliphatic heterocycles. The zero-order valence-corrected chi connectivity index (χ0v) is 11.4. The van der Waals surface area contributed by atoms with Crippen molar-refractivity contribution < 1.29 is 4.79 Å². The summed E-state index contributed by atoms with van der Waals surface area (Å²) in [4.78, 5) is 11.6. The zero-order chi connectivity index (χ0) is 12.8. The van der Waals surface area contributed by atoms with Gasteiger partial charge in [-0.1, -0.05) is 29.3 Å². The first-order valence-corrected chi connectivity index (χ1v) is 6.16. The zero-order valence-electron chi connectivity index (χ0n) is 9.89. The van der Waals surface area contributed by atoms with Crippen LogP contribution in [0.1, 0.15) is 12.5 Å². The number of amides is 1. The van der Waals surface area contributed by atoms with Gasteiger partial charge in [0.2, 0.25) is 5.91 Å². The highest BCUT2D eigenvalue weighted by atomic mass is 35.5. The molecule has 0 saturated heterocycles. The third kappa shape index (κ3) is 4.94. The van der Waals surface area contributed by atoms with Crippen LogP contribution in [0, 0.1) is 0 Å². The first-order chi connectivity index (χ1) is 8.02. The first-order valence-electron chi connectivity index (χ1n) is 5.41. The first kappa shape index (κ1) is 14.3. The number of hydrogen-bond donors (Lipinski definition) is 2. The highest BCUT2D eigenvalue weighted by molar-refractivity contribution is 6.35. The summed E-state index contributed by atoms with van der Waals surface area (Å²) in [5.41, 5.74) is 0.783. The molecule has 94 valence electrons. The van der Waals surface area contributed by atoms with Crippen molar-refractivity contribution in [3.63, 3.8) is 0 Å². The molecule has 1 unspecified atom stereocenters. The van der Waals surface area contributed by atoms with Crippen molar-refractivity contribution >= 4 is 29.1 Å². The van der Waals surface area contributed by atoms with Crippen molar-refractivity contribution in [1.29, 1.82) is 0 Å². The molecule has 0 aliphatic carbocycles. The quantitative estimate of drug-likeness (QED) is 0.865. The molecule has 1 atom stereocenters. The summed E-state index contributed by atoms with van der Waals surface area (Å²) in [5, 5.41) is 6.97. The summed E-state index contributed by atoms with van der Waals surface area (Å²) in [6.45, 7) is 2.59. The predicted molar refractivity (Wildman–Crippen MR) is 71.7 cm³/mol. The smallest absolute Gasteiger partial charge is 0.224 e. The minimum atomic E-state index is -0.0451. The van der Waals surface area contributed by atoms with Crippen LogP contribution in [0.4, 0.5) is 0 Å². The predicted octanol–water partition coefficient (Wildman–Crippen LogP) is 2.26. The van der Waals surface area contributed by atoms with Gasteiger partial charge in [0, 0.05) is 22.6 Å². The molecule has 0 spiro atoms. The van der Waals surface area contributed by atoms with Gasteiger partial charge in [0.25, 0.3) is 0 Å². The third-order valence-corrected chi connectivity index (χ3v) is 3.05. The van der Waals surface area contributed by atoms with Crippen LogP contribution in [0.5, 0.6) is 0 Å². The second-order valence-corrected chi connectivity index (χ2v) is 4.75. The summed E-state index contributed by atoms with van der Waals surface area (Å²) in [5.74, 6) is -0.0451. The number of carbonyl (C=O) groups excluding carboxylic acids is 1. The van der Waals surface area contributed by atoms with E-state index in [1.165, 1.54) is 0 Å². The van der Waals surface area contributed by atoms with E-state index in [9.17, 15) is 4.79 Å². The Morgan fingerprint density at radius 2 is 2.12 bits per heavy atom. The third-order valence-electron chi connectivity index (χ3n) is 2.46. The Kier molecular flexibility index (Phi) is 5.75. The molecule has 3 nitrogen and oxygen atoms in total. The average Bonchev–Trinajstić information content (AvgIpc) is 2.29. The van der Waals surface area contributed by atoms with Gasteiger partial charge in [0.05, 0.1) is 6.42 Å². The Bertz CT molecular complexity index is 396. The summed E-state index contributed by atoms with van der Waals surface area (Å²) in [6, 6.07) is 5.39. The van der Waals surface area contributed by atoms with Crippen LogP contribution in [0.2, 0.25) is 10.0 Å². The standard InChI is InChI=1S/C12H16Cl2N2O/c1-8(15-2)7-16-12(17)5-9-3-4-10(13)6-11(9)14/h3-4,6,8,15H,5,7H2,1-2H3,(H,16,17). The SMILES string of the molecule is CNC(C)CNC(=O)Cc1ccc(Cl)cc1Cl. The van der Waals surface area contributed by atoms with Crippen LogP contribution in [0.15, 0.2) is 18.2 Å². The second-order valence-electron chi connectivity index (χ2n) is 3.91. The molecule has 0 heterocycles. The lowest BCUT2D eigenvalue weighted by atomic mass is 10.1. The molecular weight excluding hydrogens is 259 g/mol. The van der Waals surface area contributed by atoms with Crippen molar-refractivity contribution in [3.05, 3.63) is 33.8 Å². The number of carbonyl (C=O) groups is 1. The minimum Gasteiger partial charge on any atom is -0.354 e. The number of likely N-dealkylation sites (N-methyl/N-ethyl adjacent to an activating group) is 1. The van der Waals surface area contributed by atoms with Crippen LogP contribution in [-0.2, 0) is 11.2 Å². The van der Waals surface area contributed by atoms with E-state index in [4.69, 9.17) is 23.2 Å². The lowest BCUT2D eigenvalue weighted by Crippen LogP contribution is -2.37. The fourth-order valence-corrected chi connectivity index (χ4v) is 1.74. The molecule has 1 rings (SSSR count). The highest BCUT2D eigenvalue weighted by Gasteiger charge is 2.08. The monoisotopic (exact) mass is 274 g/mol. The van der Waals surface area contributed by atoms with Gasteiger partial charge in [0.1, 0.15) is 0 Å². The molecule has 5 heteroatoms. The molecule has 1 amide bonds. The number of rotatable bonds is 5. The van der Waals surface area contributed by atoms with Gasteiger partial charge in [-0.25, -0.2) is 0 Å². The maximum atomic E-state index is 11.6. The highest BCUT2D eigenvalue weighted by Crippen LogP contribution is 2.21. The van der Waals surface area contributed by atoms with Gasteiger partial charge < -0.3 is 10.6 Å². The lowest BCUT2D eigenvalue weighted by Gasteiger charge is -2.11. The largest absolute Gasteiger partial charge is 0.354 e. The van der Waals surface area contributed by atoms with Crippen LogP contribution in [0.3, 0.4) is 0 Å². The fraction of sp³-hybridized carbons (Fsp3) is 0.417. The molecule has 17 heavy (non-hydrogen) atoms. The van der Waals surface area contributed by atoms with Gasteiger partial charge in [-0.15, -0.1) is 0 Å². The van der Waals surface area contributed by atoms with Crippen molar-refractivity contribution in [3.8, 4) is 0 Å². The van der Waals surface area contributed by atoms with Crippen molar-refractivity contribution in [2.24, 2.45) is 0 Å². The van der Waals surface area contributed by atoms with Gasteiger partial charge in [-0.2, -0.15) is 0 Å². The van der Waals surface area contributed by atoms with E-state index in [0.717, 1.165) is 5.56 Å². The second kappa shape index (κ2) is 6.84. The number of halogens is 2. The van der Waals surface area contributed by atoms with E-state index < -0.39 is 0 Å². The van der Waals surface area contributed by atoms with E-state index in [1.54, 1.807) is 18.2 Å². The summed E-state index contributed by atoms with van der Waals surface area (Å²) in [6.07, 6.45) is 0.270.